The molecular formula is C26H20F4N4O5S. The molecule has 1 aliphatic heterocycles. The van der Waals surface area contributed by atoms with E-state index in [1.807, 2.05) is 0 Å². The highest BCUT2D eigenvalue weighted by atomic mass is 32.2. The number of alkyl halides is 3. The van der Waals surface area contributed by atoms with E-state index in [1.54, 1.807) is 12.1 Å². The number of nitrogens with zero attached hydrogens (tertiary/aromatic N) is 3. The number of fused-ring (bicyclic) bond motifs is 2. The normalized spacial score (nSPS) is 22.4. The number of aromatic nitrogens is 3. The molecule has 208 valence electrons. The molecule has 1 aromatic carbocycles. The van der Waals surface area contributed by atoms with Crippen LogP contribution < -0.4 is 14.8 Å². The quantitative estimate of drug-likeness (QED) is 0.329. The van der Waals surface area contributed by atoms with Crippen LogP contribution in [0.3, 0.4) is 0 Å². The second-order valence-corrected chi connectivity index (χ2v) is 10.0. The Morgan fingerprint density at radius 3 is 2.80 bits per heavy atom. The van der Waals surface area contributed by atoms with Gasteiger partial charge in [0.15, 0.2) is 11.6 Å². The lowest BCUT2D eigenvalue weighted by molar-refractivity contribution is 0.0949. The summed E-state index contributed by atoms with van der Waals surface area (Å²) >= 11 is 0. The van der Waals surface area contributed by atoms with Crippen LogP contribution in [0.1, 0.15) is 41.4 Å². The molecule has 1 atom stereocenters. The highest BCUT2D eigenvalue weighted by Crippen LogP contribution is 2.35. The van der Waals surface area contributed by atoms with Crippen molar-refractivity contribution in [3.8, 4) is 22.9 Å². The fourth-order valence-corrected chi connectivity index (χ4v) is 4.82. The average Bonchev–Trinajstić information content (AvgIpc) is 3.01. The third kappa shape index (κ3) is 5.13. The lowest BCUT2D eigenvalue weighted by Crippen LogP contribution is -2.24. The van der Waals surface area contributed by atoms with Crippen LogP contribution in [0.15, 0.2) is 53.6 Å². The van der Waals surface area contributed by atoms with Crippen LogP contribution in [0, 0.1) is 5.82 Å². The third-order valence-electron chi connectivity index (χ3n) is 5.73. The maximum absolute atomic E-state index is 15.2. The van der Waals surface area contributed by atoms with Crippen molar-refractivity contribution in [1.29, 1.82) is 0 Å². The van der Waals surface area contributed by atoms with E-state index in [1.165, 1.54) is 25.4 Å². The Bertz CT molecular complexity index is 1970. The van der Waals surface area contributed by atoms with Crippen molar-refractivity contribution in [2.24, 2.45) is 0 Å². The molecule has 5 rings (SSSR count). The van der Waals surface area contributed by atoms with Crippen LogP contribution in [-0.4, -0.2) is 48.4 Å². The van der Waals surface area contributed by atoms with Gasteiger partial charge in [0.2, 0.25) is 21.2 Å². The third-order valence-corrected chi connectivity index (χ3v) is 7.19. The van der Waals surface area contributed by atoms with Crippen molar-refractivity contribution >= 4 is 26.6 Å². The SMILES string of the molecule is [2H]C1([2H])Oc2c(F)cc(C(=O)NCc3cc4nc(-c5ccc(C(F)F)nc5OC)ccc4cn3)cc2S(=O)(=O)[C@@]([2H])(F)C1([2H])[2H]. The van der Waals surface area contributed by atoms with E-state index in [4.69, 9.17) is 11.6 Å². The van der Waals surface area contributed by atoms with Crippen LogP contribution >= 0.6 is 0 Å². The van der Waals surface area contributed by atoms with Crippen LogP contribution in [0.5, 0.6) is 11.6 Å². The summed E-state index contributed by atoms with van der Waals surface area (Å²) in [5.74, 6) is -4.17. The van der Waals surface area contributed by atoms with Crippen molar-refractivity contribution < 1.29 is 47.1 Å². The van der Waals surface area contributed by atoms with E-state index in [2.05, 4.69) is 25.0 Å². The molecule has 0 saturated heterocycles. The highest BCUT2D eigenvalue weighted by molar-refractivity contribution is 7.92. The number of rotatable bonds is 6. The summed E-state index contributed by atoms with van der Waals surface area (Å²) in [6, 6.07) is 8.16. The Morgan fingerprint density at radius 1 is 1.25 bits per heavy atom. The highest BCUT2D eigenvalue weighted by Gasteiger charge is 2.35. The maximum atomic E-state index is 15.2. The van der Waals surface area contributed by atoms with Crippen molar-refractivity contribution in [2.45, 2.75) is 29.7 Å². The number of halogens is 4. The minimum Gasteiger partial charge on any atom is -0.489 e. The predicted octanol–water partition coefficient (Wildman–Crippen LogP) is 4.56. The molecule has 0 aliphatic carbocycles. The maximum Gasteiger partial charge on any atom is 0.280 e. The number of pyridine rings is 3. The van der Waals surface area contributed by atoms with Crippen molar-refractivity contribution in [1.82, 2.24) is 20.3 Å². The van der Waals surface area contributed by atoms with Gasteiger partial charge in [-0.1, -0.05) is 0 Å². The smallest absolute Gasteiger partial charge is 0.280 e. The number of nitrogens with one attached hydrogen (secondary N) is 1. The first-order valence-electron chi connectivity index (χ1n) is 13.7. The van der Waals surface area contributed by atoms with Crippen LogP contribution in [0.25, 0.3) is 22.2 Å². The number of ether oxygens (including phenoxy) is 2. The Labute approximate surface area is 232 Å². The van der Waals surface area contributed by atoms with Gasteiger partial charge in [0.25, 0.3) is 12.3 Å². The number of hydrogen-bond acceptors (Lipinski definition) is 8. The first-order valence-corrected chi connectivity index (χ1v) is 12.7. The van der Waals surface area contributed by atoms with Gasteiger partial charge in [-0.2, -0.15) is 0 Å². The molecule has 9 nitrogen and oxygen atoms in total. The summed E-state index contributed by atoms with van der Waals surface area (Å²) in [6.45, 7) is -4.10. The molecule has 1 N–H and O–H groups in total. The standard InChI is InChI=1S/C26H20F4N4O5S/c1-38-26-16(3-5-19(34-26)24(29)30)18-4-2-13-11-31-15(10-20(13)33-18)12-32-25(35)14-8-17(27)23-21(9-14)40(36,37)22(28)6-7-39-23/h2-5,8-11,22,24H,6-7,12H2,1H3,(H,32,35)/t22-/m1/s1/i6D2,7D2,22D. The molecule has 0 radical (unpaired) electrons. The van der Waals surface area contributed by atoms with Crippen molar-refractivity contribution in [3.05, 3.63) is 71.4 Å². The number of benzene rings is 1. The zero-order chi connectivity index (χ0) is 33.1. The van der Waals surface area contributed by atoms with Gasteiger partial charge in [-0.05, 0) is 42.5 Å². The predicted molar refractivity (Wildman–Crippen MR) is 134 cm³/mol. The number of carbonyl (C=O) groups is 1. The van der Waals surface area contributed by atoms with Gasteiger partial charge in [0.1, 0.15) is 10.6 Å². The monoisotopic (exact) mass is 581 g/mol. The summed E-state index contributed by atoms with van der Waals surface area (Å²) in [5.41, 5.74) is -4.60. The molecule has 3 aromatic heterocycles. The lowest BCUT2D eigenvalue weighted by Gasteiger charge is -2.12. The van der Waals surface area contributed by atoms with E-state index in [-0.39, 0.29) is 18.1 Å². The largest absolute Gasteiger partial charge is 0.489 e. The van der Waals surface area contributed by atoms with Crippen LogP contribution in [0.4, 0.5) is 17.6 Å². The molecule has 1 amide bonds. The summed E-state index contributed by atoms with van der Waals surface area (Å²) < 4.78 is 130. The van der Waals surface area contributed by atoms with Gasteiger partial charge in [-0.3, -0.25) is 9.78 Å². The molecule has 14 heteroatoms. The first-order chi connectivity index (χ1) is 20.9. The summed E-state index contributed by atoms with van der Waals surface area (Å²) in [6.07, 6.45) is -5.50. The number of sulfone groups is 1. The topological polar surface area (TPSA) is 120 Å². The Morgan fingerprint density at radius 2 is 2.05 bits per heavy atom. The molecule has 0 bridgehead atoms. The lowest BCUT2D eigenvalue weighted by atomic mass is 10.1. The first kappa shape index (κ1) is 21.5. The fourth-order valence-electron chi connectivity index (χ4n) is 3.78. The average molecular weight is 582 g/mol. The van der Waals surface area contributed by atoms with Gasteiger partial charge < -0.3 is 14.8 Å². The Hall–Kier alpha value is -4.33. The minimum atomic E-state index is -5.78. The van der Waals surface area contributed by atoms with Gasteiger partial charge in [-0.25, -0.2) is 35.9 Å². The summed E-state index contributed by atoms with van der Waals surface area (Å²) in [4.78, 5) is 24.0. The molecule has 0 unspecified atom stereocenters. The van der Waals surface area contributed by atoms with E-state index in [9.17, 15) is 26.4 Å². The second kappa shape index (κ2) is 10.7. The zero-order valence-corrected chi connectivity index (χ0v) is 21.0. The van der Waals surface area contributed by atoms with Crippen LogP contribution in [-0.2, 0) is 16.4 Å². The van der Waals surface area contributed by atoms with Gasteiger partial charge in [0.05, 0.1) is 46.8 Å². The van der Waals surface area contributed by atoms with Gasteiger partial charge >= 0.3 is 0 Å². The molecule has 0 fully saturated rings. The Kier molecular flexibility index (Phi) is 5.74. The molecule has 1 aliphatic rings. The number of hydrogen-bond donors (Lipinski definition) is 1. The number of carbonyl (C=O) groups excluding carboxylic acids is 1. The molecule has 4 heterocycles. The molecule has 4 aromatic rings. The van der Waals surface area contributed by atoms with Crippen molar-refractivity contribution in [3.63, 3.8) is 0 Å². The number of amides is 1. The summed E-state index contributed by atoms with van der Waals surface area (Å²) in [5, 5.41) is 2.93. The van der Waals surface area contributed by atoms with E-state index < -0.39 is 68.3 Å². The van der Waals surface area contributed by atoms with E-state index in [0.29, 0.717) is 34.3 Å². The minimum absolute atomic E-state index is 0.0794. The van der Waals surface area contributed by atoms with E-state index in [0.717, 1.165) is 6.07 Å². The van der Waals surface area contributed by atoms with E-state index >= 15 is 4.39 Å². The molecule has 0 saturated carbocycles. The molecule has 40 heavy (non-hydrogen) atoms. The molecule has 0 spiro atoms. The Balaban J connectivity index is 1.43. The number of methoxy groups -OCH3 is 1. The molecular weight excluding hydrogens is 556 g/mol. The van der Waals surface area contributed by atoms with Crippen molar-refractivity contribution in [2.75, 3.05) is 13.7 Å². The van der Waals surface area contributed by atoms with Gasteiger partial charge in [0, 0.05) is 26.3 Å². The fraction of sp³-hybridized carbons (Fsp3) is 0.231. The second-order valence-electron chi connectivity index (χ2n) is 8.23. The zero-order valence-electron chi connectivity index (χ0n) is 25.2. The summed E-state index contributed by atoms with van der Waals surface area (Å²) in [7, 11) is -4.51. The van der Waals surface area contributed by atoms with Gasteiger partial charge in [-0.15, -0.1) is 0 Å². The van der Waals surface area contributed by atoms with Crippen LogP contribution in [0.2, 0.25) is 0 Å².